The first-order valence-corrected chi connectivity index (χ1v) is 4.99. The maximum atomic E-state index is 9.00. The summed E-state index contributed by atoms with van der Waals surface area (Å²) in [7, 11) is 0. The van der Waals surface area contributed by atoms with Gasteiger partial charge in [-0.3, -0.25) is 4.79 Å². The van der Waals surface area contributed by atoms with Gasteiger partial charge in [-0.05, 0) is 36.8 Å². The van der Waals surface area contributed by atoms with E-state index in [2.05, 4.69) is 24.3 Å². The van der Waals surface area contributed by atoms with Crippen LogP contribution in [0.5, 0.6) is 0 Å². The molecule has 15 heavy (non-hydrogen) atoms. The van der Waals surface area contributed by atoms with Crippen LogP contribution in [0.25, 0.3) is 0 Å². The lowest BCUT2D eigenvalue weighted by molar-refractivity contribution is -0.143. The van der Waals surface area contributed by atoms with Crippen molar-refractivity contribution in [3.05, 3.63) is 35.4 Å². The Hall–Kier alpha value is -1.64. The van der Waals surface area contributed by atoms with E-state index in [-0.39, 0.29) is 6.29 Å². The molecule has 1 aliphatic rings. The fourth-order valence-corrected chi connectivity index (χ4v) is 1.68. The molecule has 0 spiro atoms. The molecule has 1 N–H and O–H groups in total. The van der Waals surface area contributed by atoms with Gasteiger partial charge in [0.05, 0.1) is 0 Å². The van der Waals surface area contributed by atoms with Crippen molar-refractivity contribution in [1.82, 2.24) is 0 Å². The lowest BCUT2D eigenvalue weighted by Gasteiger charge is -2.13. The van der Waals surface area contributed by atoms with E-state index in [1.165, 1.54) is 25.7 Å². The quantitative estimate of drug-likeness (QED) is 0.563. The molecule has 0 saturated carbocycles. The number of benzene rings is 1. The molecule has 0 atom stereocenters. The molecular formula is C12H14O3. The number of hydrogen-bond donors (Lipinski definition) is 1. The van der Waals surface area contributed by atoms with Crippen LogP contribution in [0.1, 0.15) is 24.0 Å². The Morgan fingerprint density at radius 1 is 1.13 bits per heavy atom. The molecule has 80 valence electrons. The molecule has 0 aromatic heterocycles. The Labute approximate surface area is 88.7 Å². The van der Waals surface area contributed by atoms with Crippen molar-refractivity contribution >= 4 is 12.3 Å². The van der Waals surface area contributed by atoms with Crippen LogP contribution in [0.3, 0.4) is 0 Å². The van der Waals surface area contributed by atoms with Gasteiger partial charge in [-0.2, -0.15) is 0 Å². The third kappa shape index (κ3) is 3.94. The molecule has 0 radical (unpaired) electrons. The number of carbonyl (C=O) groups is 2. The van der Waals surface area contributed by atoms with Gasteiger partial charge in [-0.15, -0.1) is 0 Å². The first kappa shape index (κ1) is 11.4. The fourth-order valence-electron chi connectivity index (χ4n) is 1.68. The highest BCUT2D eigenvalue weighted by atomic mass is 16.4. The molecule has 0 aliphatic heterocycles. The maximum absolute atomic E-state index is 9.00. The van der Waals surface area contributed by atoms with Crippen molar-refractivity contribution in [2.75, 3.05) is 0 Å². The molecule has 0 amide bonds. The minimum atomic E-state index is -1.43. The van der Waals surface area contributed by atoms with Crippen LogP contribution >= 0.6 is 0 Å². The Morgan fingerprint density at radius 3 is 1.87 bits per heavy atom. The van der Waals surface area contributed by atoms with Gasteiger partial charge in [0.15, 0.2) is 0 Å². The van der Waals surface area contributed by atoms with Gasteiger partial charge >= 0.3 is 5.97 Å². The first-order valence-electron chi connectivity index (χ1n) is 4.99. The average molecular weight is 206 g/mol. The molecule has 0 fully saturated rings. The summed E-state index contributed by atoms with van der Waals surface area (Å²) >= 11 is 0. The van der Waals surface area contributed by atoms with E-state index in [1.54, 1.807) is 11.1 Å². The number of carbonyl (C=O) groups excluding carboxylic acids is 1. The van der Waals surface area contributed by atoms with Crippen LogP contribution in [0, 0.1) is 0 Å². The Bertz CT molecular complexity index is 319. The Morgan fingerprint density at radius 2 is 1.53 bits per heavy atom. The highest BCUT2D eigenvalue weighted by Crippen LogP contribution is 2.19. The summed E-state index contributed by atoms with van der Waals surface area (Å²) in [4.78, 5) is 17.9. The highest BCUT2D eigenvalue weighted by molar-refractivity contribution is 6.19. The average Bonchev–Trinajstić information content (AvgIpc) is 2.30. The predicted molar refractivity (Wildman–Crippen MR) is 56.8 cm³/mol. The van der Waals surface area contributed by atoms with Crippen LogP contribution in [0.4, 0.5) is 0 Å². The van der Waals surface area contributed by atoms with E-state index in [0.717, 1.165) is 0 Å². The number of carboxylic acid groups (broad SMARTS) is 1. The van der Waals surface area contributed by atoms with E-state index in [0.29, 0.717) is 0 Å². The van der Waals surface area contributed by atoms with Crippen molar-refractivity contribution in [3.63, 3.8) is 0 Å². The molecule has 1 aromatic carbocycles. The molecule has 0 unspecified atom stereocenters. The number of aldehydes is 1. The second-order valence-corrected chi connectivity index (χ2v) is 3.43. The summed E-state index contributed by atoms with van der Waals surface area (Å²) in [5.41, 5.74) is 3.16. The largest absolute Gasteiger partial charge is 0.476 e. The number of aryl methyl sites for hydroxylation is 2. The third-order valence-corrected chi connectivity index (χ3v) is 2.36. The van der Waals surface area contributed by atoms with Crippen molar-refractivity contribution in [2.45, 2.75) is 25.7 Å². The summed E-state index contributed by atoms with van der Waals surface area (Å²) in [5.74, 6) is -1.43. The zero-order valence-electron chi connectivity index (χ0n) is 8.48. The van der Waals surface area contributed by atoms with Crippen LogP contribution in [-0.4, -0.2) is 17.4 Å². The number of carboxylic acids is 1. The summed E-state index contributed by atoms with van der Waals surface area (Å²) < 4.78 is 0. The normalized spacial score (nSPS) is 13.1. The summed E-state index contributed by atoms with van der Waals surface area (Å²) in [6.07, 6.45) is 5.21. The number of aliphatic carboxylic acids is 1. The zero-order chi connectivity index (χ0) is 11.1. The highest BCUT2D eigenvalue weighted by Gasteiger charge is 2.05. The first-order chi connectivity index (χ1) is 7.24. The van der Waals surface area contributed by atoms with E-state index >= 15 is 0 Å². The van der Waals surface area contributed by atoms with Gasteiger partial charge in [-0.1, -0.05) is 24.3 Å². The van der Waals surface area contributed by atoms with Gasteiger partial charge in [0.1, 0.15) is 0 Å². The smallest absolute Gasteiger partial charge is 0.368 e. The van der Waals surface area contributed by atoms with Gasteiger partial charge < -0.3 is 5.11 Å². The molecule has 0 bridgehead atoms. The standard InChI is InChI=1S/C10H12.C2H2O3/c1-2-6-10-8-4-3-7-9(10)5-1;3-1-2(4)5/h1-2,5-6H,3-4,7-8H2;1H,(H,4,5). The Kier molecular flexibility index (Phi) is 4.54. The second-order valence-electron chi connectivity index (χ2n) is 3.43. The van der Waals surface area contributed by atoms with Crippen molar-refractivity contribution < 1.29 is 14.7 Å². The lowest BCUT2D eigenvalue weighted by atomic mass is 9.92. The SMILES string of the molecule is O=CC(=O)O.c1ccc2c(c1)CCCC2. The number of rotatable bonds is 1. The van der Waals surface area contributed by atoms with Crippen molar-refractivity contribution in [2.24, 2.45) is 0 Å². The van der Waals surface area contributed by atoms with E-state index < -0.39 is 5.97 Å². The maximum Gasteiger partial charge on any atom is 0.368 e. The minimum absolute atomic E-state index is 0.167. The van der Waals surface area contributed by atoms with Crippen LogP contribution in [0.15, 0.2) is 24.3 Å². The molecule has 0 saturated heterocycles. The topological polar surface area (TPSA) is 54.4 Å². The lowest BCUT2D eigenvalue weighted by Crippen LogP contribution is -2.00. The molecule has 0 heterocycles. The predicted octanol–water partition coefficient (Wildman–Crippen LogP) is 1.84. The van der Waals surface area contributed by atoms with Crippen LogP contribution < -0.4 is 0 Å². The van der Waals surface area contributed by atoms with Crippen LogP contribution in [0.2, 0.25) is 0 Å². The zero-order valence-corrected chi connectivity index (χ0v) is 8.48. The monoisotopic (exact) mass is 206 g/mol. The molecule has 1 aromatic rings. The number of hydrogen-bond acceptors (Lipinski definition) is 2. The Balaban J connectivity index is 0.000000195. The second kappa shape index (κ2) is 5.96. The van der Waals surface area contributed by atoms with Gasteiger partial charge in [0.2, 0.25) is 6.29 Å². The summed E-state index contributed by atoms with van der Waals surface area (Å²) in [5, 5.41) is 7.35. The number of fused-ring (bicyclic) bond motifs is 1. The minimum Gasteiger partial charge on any atom is -0.476 e. The molecule has 3 heteroatoms. The molecule has 2 rings (SSSR count). The molecule has 1 aliphatic carbocycles. The van der Waals surface area contributed by atoms with Crippen molar-refractivity contribution in [3.8, 4) is 0 Å². The van der Waals surface area contributed by atoms with Crippen LogP contribution in [-0.2, 0) is 22.4 Å². The van der Waals surface area contributed by atoms with E-state index in [4.69, 9.17) is 14.7 Å². The molecular weight excluding hydrogens is 192 g/mol. The molecule has 3 nitrogen and oxygen atoms in total. The van der Waals surface area contributed by atoms with Gasteiger partial charge in [0, 0.05) is 0 Å². The fraction of sp³-hybridized carbons (Fsp3) is 0.333. The van der Waals surface area contributed by atoms with Gasteiger partial charge in [-0.25, -0.2) is 4.79 Å². The van der Waals surface area contributed by atoms with Gasteiger partial charge in [0.25, 0.3) is 0 Å². The summed E-state index contributed by atoms with van der Waals surface area (Å²) in [6.45, 7) is 0. The van der Waals surface area contributed by atoms with Crippen molar-refractivity contribution in [1.29, 1.82) is 0 Å². The summed E-state index contributed by atoms with van der Waals surface area (Å²) in [6, 6.07) is 8.80. The third-order valence-electron chi connectivity index (χ3n) is 2.36. The van der Waals surface area contributed by atoms with E-state index in [1.807, 2.05) is 0 Å². The van der Waals surface area contributed by atoms with E-state index in [9.17, 15) is 0 Å².